The quantitative estimate of drug-likeness (QED) is 0.561. The standard InChI is InChI=1S/C9H15FN2O4/c10-6-7(14)5(4-13)16-8(6)12-3-1-2-11-9(12)15/h5-8,13-14H,1-4H2,(H,11,15)/t5?,6?,7-,8?/m1/s1. The van der Waals surface area contributed by atoms with E-state index >= 15 is 0 Å². The number of carbonyl (C=O) groups excluding carboxylic acids is 1. The van der Waals surface area contributed by atoms with Crippen molar-refractivity contribution in [3.63, 3.8) is 0 Å². The number of hydrogen-bond donors (Lipinski definition) is 3. The van der Waals surface area contributed by atoms with Gasteiger partial charge >= 0.3 is 6.03 Å². The van der Waals surface area contributed by atoms with E-state index < -0.39 is 37.2 Å². The van der Waals surface area contributed by atoms with Gasteiger partial charge in [-0.05, 0) is 6.42 Å². The highest BCUT2D eigenvalue weighted by Gasteiger charge is 2.48. The molecule has 2 fully saturated rings. The van der Waals surface area contributed by atoms with Gasteiger partial charge in [-0.15, -0.1) is 0 Å². The summed E-state index contributed by atoms with van der Waals surface area (Å²) in [5.74, 6) is 0. The van der Waals surface area contributed by atoms with Crippen molar-refractivity contribution in [1.82, 2.24) is 10.2 Å². The van der Waals surface area contributed by atoms with E-state index in [9.17, 15) is 14.3 Å². The van der Waals surface area contributed by atoms with Crippen LogP contribution in [-0.2, 0) is 4.74 Å². The van der Waals surface area contributed by atoms with Gasteiger partial charge in [0.25, 0.3) is 0 Å². The second-order valence-corrected chi connectivity index (χ2v) is 3.96. The lowest BCUT2D eigenvalue weighted by Crippen LogP contribution is -2.54. The summed E-state index contributed by atoms with van der Waals surface area (Å²) in [6.07, 6.45) is -4.43. The molecule has 0 aliphatic carbocycles. The molecule has 0 aromatic heterocycles. The van der Waals surface area contributed by atoms with Crippen LogP contribution >= 0.6 is 0 Å². The summed E-state index contributed by atoms with van der Waals surface area (Å²) in [6, 6.07) is -0.398. The summed E-state index contributed by atoms with van der Waals surface area (Å²) in [5, 5.41) is 20.9. The van der Waals surface area contributed by atoms with E-state index in [1.165, 1.54) is 4.90 Å². The number of carbonyl (C=O) groups is 1. The summed E-state index contributed by atoms with van der Waals surface area (Å²) in [6.45, 7) is 0.486. The van der Waals surface area contributed by atoms with Gasteiger partial charge in [0.05, 0.1) is 6.61 Å². The van der Waals surface area contributed by atoms with Crippen LogP contribution in [0.4, 0.5) is 9.18 Å². The lowest BCUT2D eigenvalue weighted by Gasteiger charge is -2.32. The third-order valence-corrected chi connectivity index (χ3v) is 2.89. The van der Waals surface area contributed by atoms with Crippen LogP contribution in [0.3, 0.4) is 0 Å². The van der Waals surface area contributed by atoms with Crippen LogP contribution in [0.2, 0.25) is 0 Å². The van der Waals surface area contributed by atoms with Crippen LogP contribution in [0.15, 0.2) is 0 Å². The van der Waals surface area contributed by atoms with Crippen LogP contribution in [0.1, 0.15) is 6.42 Å². The van der Waals surface area contributed by atoms with E-state index in [2.05, 4.69) is 5.32 Å². The van der Waals surface area contributed by atoms with Crippen molar-refractivity contribution in [2.45, 2.75) is 31.0 Å². The number of hydrogen-bond acceptors (Lipinski definition) is 4. The summed E-state index contributed by atoms with van der Waals surface area (Å²) < 4.78 is 18.8. The van der Waals surface area contributed by atoms with Crippen molar-refractivity contribution < 1.29 is 24.1 Å². The first-order valence-corrected chi connectivity index (χ1v) is 5.28. The van der Waals surface area contributed by atoms with Crippen LogP contribution < -0.4 is 5.32 Å². The minimum absolute atomic E-state index is 0.391. The fourth-order valence-corrected chi connectivity index (χ4v) is 2.00. The van der Waals surface area contributed by atoms with Crippen molar-refractivity contribution in [1.29, 1.82) is 0 Å². The number of aliphatic hydroxyl groups excluding tert-OH is 2. The molecule has 4 atom stereocenters. The number of halogens is 1. The molecular formula is C9H15FN2O4. The largest absolute Gasteiger partial charge is 0.394 e. The molecule has 2 aliphatic heterocycles. The summed E-state index contributed by atoms with van der Waals surface area (Å²) in [4.78, 5) is 12.7. The Labute approximate surface area is 92.0 Å². The number of aliphatic hydroxyl groups is 2. The highest BCUT2D eigenvalue weighted by Crippen LogP contribution is 2.27. The third kappa shape index (κ3) is 1.85. The Morgan fingerprint density at radius 1 is 1.62 bits per heavy atom. The second kappa shape index (κ2) is 4.52. The average molecular weight is 234 g/mol. The number of urea groups is 1. The highest BCUT2D eigenvalue weighted by molar-refractivity contribution is 5.75. The number of alkyl halides is 1. The molecule has 0 spiro atoms. The lowest BCUT2D eigenvalue weighted by molar-refractivity contribution is -0.0730. The van der Waals surface area contributed by atoms with Gasteiger partial charge in [0, 0.05) is 13.1 Å². The van der Waals surface area contributed by atoms with E-state index in [-0.39, 0.29) is 0 Å². The lowest BCUT2D eigenvalue weighted by atomic mass is 10.1. The minimum atomic E-state index is -1.68. The molecule has 3 N–H and O–H groups in total. The Bertz CT molecular complexity index is 278. The summed E-state index contributed by atoms with van der Waals surface area (Å²) in [5.41, 5.74) is 0. The van der Waals surface area contributed by atoms with Crippen molar-refractivity contribution >= 4 is 6.03 Å². The van der Waals surface area contributed by atoms with Gasteiger partial charge < -0.3 is 20.3 Å². The first-order chi connectivity index (χ1) is 7.65. The predicted molar refractivity (Wildman–Crippen MR) is 51.4 cm³/mol. The number of amides is 2. The van der Waals surface area contributed by atoms with Crippen LogP contribution in [0, 0.1) is 0 Å². The van der Waals surface area contributed by atoms with Crippen LogP contribution in [0.5, 0.6) is 0 Å². The molecule has 2 saturated heterocycles. The number of ether oxygens (including phenoxy) is 1. The molecule has 0 bridgehead atoms. The molecule has 92 valence electrons. The second-order valence-electron chi connectivity index (χ2n) is 3.96. The normalized spacial score (nSPS) is 39.9. The van der Waals surface area contributed by atoms with E-state index in [1.54, 1.807) is 0 Å². The SMILES string of the molecule is O=C1NCCCN1C1OC(CO)[C@@H](O)C1F. The van der Waals surface area contributed by atoms with Crippen molar-refractivity contribution in [2.24, 2.45) is 0 Å². The number of nitrogens with one attached hydrogen (secondary N) is 1. The van der Waals surface area contributed by atoms with Gasteiger partial charge in [0.15, 0.2) is 12.4 Å². The molecule has 0 saturated carbocycles. The molecule has 0 aromatic carbocycles. The van der Waals surface area contributed by atoms with Crippen molar-refractivity contribution in [2.75, 3.05) is 19.7 Å². The topological polar surface area (TPSA) is 82.0 Å². The van der Waals surface area contributed by atoms with Gasteiger partial charge in [-0.1, -0.05) is 0 Å². The molecule has 3 unspecified atom stereocenters. The first kappa shape index (κ1) is 11.6. The molecule has 16 heavy (non-hydrogen) atoms. The molecule has 2 heterocycles. The van der Waals surface area contributed by atoms with Gasteiger partial charge in [-0.25, -0.2) is 9.18 Å². The molecule has 0 aromatic rings. The monoisotopic (exact) mass is 234 g/mol. The molecule has 2 aliphatic rings. The maximum Gasteiger partial charge on any atom is 0.319 e. The first-order valence-electron chi connectivity index (χ1n) is 5.28. The van der Waals surface area contributed by atoms with Crippen molar-refractivity contribution in [3.8, 4) is 0 Å². The maximum atomic E-state index is 13.7. The Morgan fingerprint density at radius 3 is 2.94 bits per heavy atom. The van der Waals surface area contributed by atoms with E-state index in [0.717, 1.165) is 0 Å². The summed E-state index contributed by atoms with van der Waals surface area (Å²) in [7, 11) is 0. The Balaban J connectivity index is 2.06. The summed E-state index contributed by atoms with van der Waals surface area (Å²) >= 11 is 0. The Hall–Kier alpha value is -0.920. The Kier molecular flexibility index (Phi) is 3.27. The van der Waals surface area contributed by atoms with Gasteiger partial charge in [-0.2, -0.15) is 0 Å². The minimum Gasteiger partial charge on any atom is -0.394 e. The fraction of sp³-hybridized carbons (Fsp3) is 0.889. The van der Waals surface area contributed by atoms with E-state index in [0.29, 0.717) is 19.5 Å². The van der Waals surface area contributed by atoms with Crippen LogP contribution in [0.25, 0.3) is 0 Å². The molecule has 7 heteroatoms. The number of nitrogens with zero attached hydrogens (tertiary/aromatic N) is 1. The zero-order chi connectivity index (χ0) is 11.7. The van der Waals surface area contributed by atoms with Crippen LogP contribution in [-0.4, -0.2) is 65.4 Å². The van der Waals surface area contributed by atoms with E-state index in [4.69, 9.17) is 9.84 Å². The highest BCUT2D eigenvalue weighted by atomic mass is 19.1. The molecule has 6 nitrogen and oxygen atoms in total. The van der Waals surface area contributed by atoms with E-state index in [1.807, 2.05) is 0 Å². The molecule has 0 radical (unpaired) electrons. The maximum absolute atomic E-state index is 13.7. The average Bonchev–Trinajstić information content (AvgIpc) is 2.57. The third-order valence-electron chi connectivity index (χ3n) is 2.89. The molecule has 2 amide bonds. The Morgan fingerprint density at radius 2 is 2.38 bits per heavy atom. The predicted octanol–water partition coefficient (Wildman–Crippen LogP) is -1.18. The van der Waals surface area contributed by atoms with Crippen molar-refractivity contribution in [3.05, 3.63) is 0 Å². The smallest absolute Gasteiger partial charge is 0.319 e. The zero-order valence-corrected chi connectivity index (χ0v) is 8.67. The fourth-order valence-electron chi connectivity index (χ4n) is 2.00. The zero-order valence-electron chi connectivity index (χ0n) is 8.67. The van der Waals surface area contributed by atoms with Gasteiger partial charge in [0.2, 0.25) is 0 Å². The number of rotatable bonds is 2. The molecule has 2 rings (SSSR count). The van der Waals surface area contributed by atoms with Gasteiger partial charge in [-0.3, -0.25) is 4.90 Å². The molecular weight excluding hydrogens is 219 g/mol. The van der Waals surface area contributed by atoms with Gasteiger partial charge in [0.1, 0.15) is 12.2 Å².